The lowest BCUT2D eigenvalue weighted by atomic mass is 10.0. The molecule has 0 fully saturated rings. The van der Waals surface area contributed by atoms with Crippen molar-refractivity contribution in [3.05, 3.63) is 58.9 Å². The average Bonchev–Trinajstić information content (AvgIpc) is 2.82. The Kier molecular flexibility index (Phi) is 4.74. The van der Waals surface area contributed by atoms with Gasteiger partial charge in [0, 0.05) is 11.7 Å². The summed E-state index contributed by atoms with van der Waals surface area (Å²) in [6, 6.07) is 10.3. The topological polar surface area (TPSA) is 31.2 Å². The first-order valence-electron chi connectivity index (χ1n) is 7.68. The molecular weight excluding hydrogens is 274 g/mol. The summed E-state index contributed by atoms with van der Waals surface area (Å²) in [5, 5.41) is 0. The minimum Gasteiger partial charge on any atom is -0.464 e. The van der Waals surface area contributed by atoms with Gasteiger partial charge in [-0.1, -0.05) is 30.3 Å². The van der Waals surface area contributed by atoms with Crippen molar-refractivity contribution in [1.29, 1.82) is 0 Å². The third-order valence-electron chi connectivity index (χ3n) is 3.93. The number of benzene rings is 1. The predicted molar refractivity (Wildman–Crippen MR) is 89.4 cm³/mol. The molecule has 0 aliphatic rings. The van der Waals surface area contributed by atoms with Gasteiger partial charge in [-0.05, 0) is 57.2 Å². The highest BCUT2D eigenvalue weighted by atomic mass is 16.5. The van der Waals surface area contributed by atoms with Gasteiger partial charge >= 0.3 is 5.97 Å². The zero-order chi connectivity index (χ0) is 16.3. The van der Waals surface area contributed by atoms with Gasteiger partial charge in [0.15, 0.2) is 0 Å². The Labute approximate surface area is 132 Å². The summed E-state index contributed by atoms with van der Waals surface area (Å²) in [5.74, 6) is -0.258. The normalized spacial score (nSPS) is 11.5. The molecule has 0 unspecified atom stereocenters. The lowest BCUT2D eigenvalue weighted by Gasteiger charge is -2.24. The molecule has 1 aromatic heterocycles. The molecule has 2 aromatic rings. The number of methoxy groups -OCH3 is 1. The van der Waals surface area contributed by atoms with E-state index >= 15 is 0 Å². The van der Waals surface area contributed by atoms with Crippen molar-refractivity contribution in [2.45, 2.75) is 46.1 Å². The fraction of sp³-hybridized carbons (Fsp3) is 0.421. The summed E-state index contributed by atoms with van der Waals surface area (Å²) in [7, 11) is 1.44. The Morgan fingerprint density at radius 3 is 2.32 bits per heavy atom. The molecular formula is C19H25NO2. The third kappa shape index (κ3) is 3.41. The molecule has 2 rings (SSSR count). The Hall–Kier alpha value is -2.03. The summed E-state index contributed by atoms with van der Waals surface area (Å²) < 4.78 is 7.05. The Morgan fingerprint density at radius 1 is 1.14 bits per heavy atom. The minimum absolute atomic E-state index is 0.153. The number of carbonyl (C=O) groups excluding carboxylic acids is 1. The maximum atomic E-state index is 12.3. The molecule has 0 atom stereocenters. The summed E-state index contributed by atoms with van der Waals surface area (Å²) in [5.41, 5.74) is 4.04. The van der Waals surface area contributed by atoms with Gasteiger partial charge in [0.25, 0.3) is 0 Å². The van der Waals surface area contributed by atoms with E-state index in [4.69, 9.17) is 4.74 Å². The molecule has 0 amide bonds. The van der Waals surface area contributed by atoms with E-state index < -0.39 is 0 Å². The van der Waals surface area contributed by atoms with Crippen LogP contribution in [0.4, 0.5) is 0 Å². The van der Waals surface area contributed by atoms with E-state index in [0.29, 0.717) is 5.69 Å². The number of aromatic nitrogens is 1. The summed E-state index contributed by atoms with van der Waals surface area (Å²) in [4.78, 5) is 12.3. The number of ether oxygens (including phenoxy) is 1. The van der Waals surface area contributed by atoms with E-state index in [-0.39, 0.29) is 11.5 Å². The molecule has 0 bridgehead atoms. The van der Waals surface area contributed by atoms with Crippen LogP contribution in [0, 0.1) is 6.92 Å². The van der Waals surface area contributed by atoms with Gasteiger partial charge in [0.1, 0.15) is 5.69 Å². The van der Waals surface area contributed by atoms with Crippen LogP contribution < -0.4 is 0 Å². The number of nitrogens with zero attached hydrogens (tertiary/aromatic N) is 1. The molecule has 1 aromatic carbocycles. The highest BCUT2D eigenvalue weighted by Crippen LogP contribution is 2.26. The molecule has 0 saturated carbocycles. The highest BCUT2D eigenvalue weighted by molar-refractivity contribution is 5.90. The van der Waals surface area contributed by atoms with Crippen molar-refractivity contribution in [2.75, 3.05) is 7.11 Å². The summed E-state index contributed by atoms with van der Waals surface area (Å²) in [6.45, 7) is 8.36. The fourth-order valence-corrected chi connectivity index (χ4v) is 2.75. The van der Waals surface area contributed by atoms with Crippen molar-refractivity contribution >= 4 is 5.97 Å². The van der Waals surface area contributed by atoms with Crippen LogP contribution in [-0.4, -0.2) is 17.6 Å². The number of carbonyl (C=O) groups is 1. The number of esters is 1. The van der Waals surface area contributed by atoms with E-state index in [1.807, 2.05) is 22.8 Å². The second kappa shape index (κ2) is 6.39. The molecule has 3 nitrogen and oxygen atoms in total. The van der Waals surface area contributed by atoms with E-state index in [1.165, 1.54) is 12.7 Å². The van der Waals surface area contributed by atoms with Crippen molar-refractivity contribution in [1.82, 2.24) is 4.57 Å². The standard InChI is InChI=1S/C19H25NO2/c1-14-13-20(19(2,3)4)17(18(21)22-5)16(14)12-11-15-9-7-6-8-10-15/h6-10,13H,11-12H2,1-5H3. The first-order chi connectivity index (χ1) is 10.3. The summed E-state index contributed by atoms with van der Waals surface area (Å²) in [6.07, 6.45) is 3.82. The third-order valence-corrected chi connectivity index (χ3v) is 3.93. The number of rotatable bonds is 4. The second-order valence-corrected chi connectivity index (χ2v) is 6.66. The number of hydrogen-bond donors (Lipinski definition) is 0. The van der Waals surface area contributed by atoms with Gasteiger partial charge in [0.2, 0.25) is 0 Å². The van der Waals surface area contributed by atoms with Gasteiger partial charge < -0.3 is 9.30 Å². The van der Waals surface area contributed by atoms with E-state index in [0.717, 1.165) is 24.0 Å². The van der Waals surface area contributed by atoms with Crippen LogP contribution in [0.2, 0.25) is 0 Å². The van der Waals surface area contributed by atoms with E-state index in [9.17, 15) is 4.79 Å². The Balaban J connectivity index is 2.38. The maximum Gasteiger partial charge on any atom is 0.354 e. The molecule has 118 valence electrons. The van der Waals surface area contributed by atoms with Crippen molar-refractivity contribution < 1.29 is 9.53 Å². The van der Waals surface area contributed by atoms with Crippen LogP contribution in [0.25, 0.3) is 0 Å². The monoisotopic (exact) mass is 299 g/mol. The molecule has 3 heteroatoms. The van der Waals surface area contributed by atoms with Crippen LogP contribution in [0.5, 0.6) is 0 Å². The van der Waals surface area contributed by atoms with Crippen LogP contribution in [0.1, 0.15) is 48.0 Å². The quantitative estimate of drug-likeness (QED) is 0.795. The molecule has 0 aliphatic heterocycles. The molecule has 0 N–H and O–H groups in total. The second-order valence-electron chi connectivity index (χ2n) is 6.66. The van der Waals surface area contributed by atoms with Gasteiger partial charge in [-0.25, -0.2) is 4.79 Å². The predicted octanol–water partition coefficient (Wildman–Crippen LogP) is 4.12. The van der Waals surface area contributed by atoms with E-state index in [1.54, 1.807) is 0 Å². The van der Waals surface area contributed by atoms with Crippen LogP contribution in [0.15, 0.2) is 36.5 Å². The van der Waals surface area contributed by atoms with Crippen LogP contribution >= 0.6 is 0 Å². The van der Waals surface area contributed by atoms with Crippen LogP contribution in [0.3, 0.4) is 0 Å². The highest BCUT2D eigenvalue weighted by Gasteiger charge is 2.26. The van der Waals surface area contributed by atoms with E-state index in [2.05, 4.69) is 46.0 Å². The molecule has 0 spiro atoms. The minimum atomic E-state index is -0.258. The smallest absolute Gasteiger partial charge is 0.354 e. The first kappa shape index (κ1) is 16.3. The van der Waals surface area contributed by atoms with Crippen molar-refractivity contribution in [2.24, 2.45) is 0 Å². The first-order valence-corrected chi connectivity index (χ1v) is 7.68. The largest absolute Gasteiger partial charge is 0.464 e. The Bertz CT molecular complexity index is 648. The zero-order valence-corrected chi connectivity index (χ0v) is 14.1. The summed E-state index contributed by atoms with van der Waals surface area (Å²) >= 11 is 0. The number of aryl methyl sites for hydroxylation is 2. The van der Waals surface area contributed by atoms with Gasteiger partial charge in [-0.2, -0.15) is 0 Å². The fourth-order valence-electron chi connectivity index (χ4n) is 2.75. The molecule has 0 saturated heterocycles. The van der Waals surface area contributed by atoms with Crippen LogP contribution in [-0.2, 0) is 23.1 Å². The van der Waals surface area contributed by atoms with Crippen molar-refractivity contribution in [3.8, 4) is 0 Å². The SMILES string of the molecule is COC(=O)c1c(CCc2ccccc2)c(C)cn1C(C)(C)C. The zero-order valence-electron chi connectivity index (χ0n) is 14.1. The lowest BCUT2D eigenvalue weighted by Crippen LogP contribution is -2.26. The molecule has 22 heavy (non-hydrogen) atoms. The molecule has 0 radical (unpaired) electrons. The van der Waals surface area contributed by atoms with Gasteiger partial charge in [-0.3, -0.25) is 0 Å². The Morgan fingerprint density at radius 2 is 1.77 bits per heavy atom. The molecule has 0 aliphatic carbocycles. The molecule has 1 heterocycles. The van der Waals surface area contributed by atoms with Gasteiger partial charge in [-0.15, -0.1) is 0 Å². The van der Waals surface area contributed by atoms with Crippen molar-refractivity contribution in [3.63, 3.8) is 0 Å². The van der Waals surface area contributed by atoms with Gasteiger partial charge in [0.05, 0.1) is 7.11 Å². The number of hydrogen-bond acceptors (Lipinski definition) is 2. The lowest BCUT2D eigenvalue weighted by molar-refractivity contribution is 0.0580. The maximum absolute atomic E-state index is 12.3. The average molecular weight is 299 g/mol.